The molecule has 1 amide bonds. The van der Waals surface area contributed by atoms with Crippen LogP contribution in [0.25, 0.3) is 0 Å². The van der Waals surface area contributed by atoms with Gasteiger partial charge in [0.1, 0.15) is 0 Å². The number of carbonyl (C=O) groups excluding carboxylic acids is 1. The zero-order valence-electron chi connectivity index (χ0n) is 11.2. The van der Waals surface area contributed by atoms with E-state index in [4.69, 9.17) is 0 Å². The van der Waals surface area contributed by atoms with Crippen molar-refractivity contribution in [1.29, 1.82) is 0 Å². The molecule has 0 unspecified atom stereocenters. The highest BCUT2D eigenvalue weighted by Crippen LogP contribution is 2.28. The van der Waals surface area contributed by atoms with Crippen LogP contribution in [0.4, 0.5) is 17.1 Å². The predicted molar refractivity (Wildman–Crippen MR) is 80.1 cm³/mol. The van der Waals surface area contributed by atoms with Crippen LogP contribution < -0.4 is 10.6 Å². The second-order valence-electron chi connectivity index (χ2n) is 4.90. The molecule has 0 saturated carbocycles. The van der Waals surface area contributed by atoms with Crippen molar-refractivity contribution in [3.63, 3.8) is 0 Å². The molecule has 0 atom stereocenters. The molecule has 0 bridgehead atoms. The lowest BCUT2D eigenvalue weighted by molar-refractivity contribution is -0.116. The highest BCUT2D eigenvalue weighted by molar-refractivity contribution is 5.96. The molecule has 2 aromatic carbocycles. The lowest BCUT2D eigenvalue weighted by atomic mass is 10.0. The van der Waals surface area contributed by atoms with Crippen molar-refractivity contribution in [3.8, 4) is 0 Å². The minimum Gasteiger partial charge on any atom is -0.478 e. The Morgan fingerprint density at radius 3 is 2.76 bits per heavy atom. The van der Waals surface area contributed by atoms with Gasteiger partial charge in [-0.05, 0) is 42.3 Å². The smallest absolute Gasteiger partial charge is 0.337 e. The molecule has 0 saturated heterocycles. The van der Waals surface area contributed by atoms with Gasteiger partial charge in [0, 0.05) is 17.8 Å². The molecule has 5 nitrogen and oxygen atoms in total. The number of hydrogen-bond acceptors (Lipinski definition) is 3. The summed E-state index contributed by atoms with van der Waals surface area (Å²) in [5.41, 5.74) is 3.45. The molecule has 1 aliphatic rings. The van der Waals surface area contributed by atoms with E-state index in [2.05, 4.69) is 10.6 Å². The molecule has 21 heavy (non-hydrogen) atoms. The number of benzene rings is 2. The number of hydrogen-bond donors (Lipinski definition) is 3. The number of aryl methyl sites for hydroxylation is 1. The quantitative estimate of drug-likeness (QED) is 0.808. The minimum absolute atomic E-state index is 0.0273. The summed E-state index contributed by atoms with van der Waals surface area (Å²) < 4.78 is 0. The van der Waals surface area contributed by atoms with Crippen molar-refractivity contribution < 1.29 is 14.7 Å². The van der Waals surface area contributed by atoms with Crippen molar-refractivity contribution in [3.05, 3.63) is 53.6 Å². The van der Waals surface area contributed by atoms with E-state index in [0.717, 1.165) is 16.9 Å². The Hall–Kier alpha value is -2.82. The van der Waals surface area contributed by atoms with Crippen LogP contribution >= 0.6 is 0 Å². The Balaban J connectivity index is 1.89. The van der Waals surface area contributed by atoms with E-state index >= 15 is 0 Å². The van der Waals surface area contributed by atoms with Crippen molar-refractivity contribution in [2.24, 2.45) is 0 Å². The molecule has 0 spiro atoms. The first-order valence-corrected chi connectivity index (χ1v) is 6.65. The van der Waals surface area contributed by atoms with Gasteiger partial charge >= 0.3 is 5.97 Å². The third-order valence-corrected chi connectivity index (χ3v) is 3.44. The van der Waals surface area contributed by atoms with Gasteiger partial charge in [0.05, 0.1) is 11.3 Å². The molecule has 0 radical (unpaired) electrons. The number of nitrogens with one attached hydrogen (secondary N) is 2. The van der Waals surface area contributed by atoms with Gasteiger partial charge in [-0.1, -0.05) is 12.1 Å². The molecule has 106 valence electrons. The van der Waals surface area contributed by atoms with Crippen LogP contribution in [-0.4, -0.2) is 17.0 Å². The highest BCUT2D eigenvalue weighted by Gasteiger charge is 2.15. The molecule has 3 rings (SSSR count). The van der Waals surface area contributed by atoms with Crippen LogP contribution in [0.5, 0.6) is 0 Å². The average Bonchev–Trinajstić information content (AvgIpc) is 2.48. The first-order valence-electron chi connectivity index (χ1n) is 6.65. The van der Waals surface area contributed by atoms with Crippen molar-refractivity contribution >= 4 is 28.9 Å². The monoisotopic (exact) mass is 282 g/mol. The van der Waals surface area contributed by atoms with Crippen molar-refractivity contribution in [2.75, 3.05) is 10.6 Å². The number of anilines is 3. The Bertz CT molecular complexity index is 725. The first kappa shape index (κ1) is 13.2. The van der Waals surface area contributed by atoms with Gasteiger partial charge in [0.15, 0.2) is 0 Å². The van der Waals surface area contributed by atoms with E-state index in [1.165, 1.54) is 0 Å². The number of carboxylic acid groups (broad SMARTS) is 1. The van der Waals surface area contributed by atoms with E-state index in [1.54, 1.807) is 24.3 Å². The second-order valence-corrected chi connectivity index (χ2v) is 4.90. The zero-order valence-corrected chi connectivity index (χ0v) is 11.2. The fraction of sp³-hybridized carbons (Fsp3) is 0.125. The Morgan fingerprint density at radius 1 is 1.14 bits per heavy atom. The van der Waals surface area contributed by atoms with Gasteiger partial charge in [0.25, 0.3) is 0 Å². The molecular weight excluding hydrogens is 268 g/mol. The zero-order chi connectivity index (χ0) is 14.8. The third kappa shape index (κ3) is 2.72. The summed E-state index contributed by atoms with van der Waals surface area (Å²) in [4.78, 5) is 22.5. The van der Waals surface area contributed by atoms with E-state index in [0.29, 0.717) is 18.5 Å². The van der Waals surface area contributed by atoms with Crippen LogP contribution in [0.3, 0.4) is 0 Å². The molecule has 0 aromatic heterocycles. The average molecular weight is 282 g/mol. The highest BCUT2D eigenvalue weighted by atomic mass is 16.4. The standard InChI is InChI=1S/C16H14N2O3/c19-15-8-5-10-9-11(6-7-13(10)18-15)17-14-4-2-1-3-12(14)16(20)21/h1-4,6-7,9,17H,5,8H2,(H,18,19)(H,20,21). The maximum Gasteiger partial charge on any atom is 0.337 e. The Kier molecular flexibility index (Phi) is 3.31. The summed E-state index contributed by atoms with van der Waals surface area (Å²) in [7, 11) is 0. The Labute approximate surface area is 121 Å². The number of carboxylic acids is 1. The lowest BCUT2D eigenvalue weighted by Crippen LogP contribution is -2.18. The fourth-order valence-corrected chi connectivity index (χ4v) is 2.40. The summed E-state index contributed by atoms with van der Waals surface area (Å²) in [5.74, 6) is -0.942. The molecular formula is C16H14N2O3. The number of rotatable bonds is 3. The van der Waals surface area contributed by atoms with E-state index in [9.17, 15) is 14.7 Å². The number of carbonyl (C=O) groups is 2. The fourth-order valence-electron chi connectivity index (χ4n) is 2.40. The number of para-hydroxylation sites is 1. The van der Waals surface area contributed by atoms with E-state index in [-0.39, 0.29) is 11.5 Å². The van der Waals surface area contributed by atoms with E-state index < -0.39 is 5.97 Å². The van der Waals surface area contributed by atoms with Crippen LogP contribution in [0.2, 0.25) is 0 Å². The van der Waals surface area contributed by atoms with Gasteiger partial charge in [-0.3, -0.25) is 4.79 Å². The van der Waals surface area contributed by atoms with Crippen molar-refractivity contribution in [2.45, 2.75) is 12.8 Å². The molecule has 5 heteroatoms. The van der Waals surface area contributed by atoms with Gasteiger partial charge in [0.2, 0.25) is 5.91 Å². The molecule has 1 aliphatic heterocycles. The SMILES string of the molecule is O=C1CCc2cc(Nc3ccccc3C(=O)O)ccc2N1. The normalized spacial score (nSPS) is 13.2. The number of amides is 1. The van der Waals surface area contributed by atoms with Gasteiger partial charge < -0.3 is 15.7 Å². The first-order chi connectivity index (χ1) is 10.1. The Morgan fingerprint density at radius 2 is 1.95 bits per heavy atom. The third-order valence-electron chi connectivity index (χ3n) is 3.44. The summed E-state index contributed by atoms with van der Waals surface area (Å²) in [6, 6.07) is 12.4. The lowest BCUT2D eigenvalue weighted by Gasteiger charge is -2.18. The maximum absolute atomic E-state index is 11.3. The summed E-state index contributed by atoms with van der Waals surface area (Å²) >= 11 is 0. The van der Waals surface area contributed by atoms with Crippen LogP contribution in [0, 0.1) is 0 Å². The largest absolute Gasteiger partial charge is 0.478 e. The minimum atomic E-state index is -0.969. The number of aromatic carboxylic acids is 1. The maximum atomic E-state index is 11.3. The predicted octanol–water partition coefficient (Wildman–Crippen LogP) is 3.01. The van der Waals surface area contributed by atoms with Gasteiger partial charge in [-0.15, -0.1) is 0 Å². The van der Waals surface area contributed by atoms with Crippen LogP contribution in [0.1, 0.15) is 22.3 Å². The molecule has 1 heterocycles. The summed E-state index contributed by atoms with van der Waals surface area (Å²) in [6.07, 6.45) is 1.17. The molecule has 0 fully saturated rings. The van der Waals surface area contributed by atoms with E-state index in [1.807, 2.05) is 18.2 Å². The summed E-state index contributed by atoms with van der Waals surface area (Å²) in [5, 5.41) is 15.1. The van der Waals surface area contributed by atoms with Gasteiger partial charge in [-0.2, -0.15) is 0 Å². The number of fused-ring (bicyclic) bond motifs is 1. The van der Waals surface area contributed by atoms with Crippen molar-refractivity contribution in [1.82, 2.24) is 0 Å². The molecule has 2 aromatic rings. The molecule has 0 aliphatic carbocycles. The second kappa shape index (κ2) is 5.28. The summed E-state index contributed by atoms with van der Waals surface area (Å²) in [6.45, 7) is 0. The van der Waals surface area contributed by atoms with Crippen LogP contribution in [-0.2, 0) is 11.2 Å². The van der Waals surface area contributed by atoms with Gasteiger partial charge in [-0.25, -0.2) is 4.79 Å². The molecule has 3 N–H and O–H groups in total. The van der Waals surface area contributed by atoms with Crippen LogP contribution in [0.15, 0.2) is 42.5 Å². The topological polar surface area (TPSA) is 78.4 Å².